The number of carbonyl (C=O) groups is 1. The molecule has 23 heavy (non-hydrogen) atoms. The maximum atomic E-state index is 11.9. The smallest absolute Gasteiger partial charge is 0.315 e. The van der Waals surface area contributed by atoms with Crippen molar-refractivity contribution < 1.29 is 9.90 Å². The Morgan fingerprint density at radius 3 is 2.52 bits per heavy atom. The third-order valence-electron chi connectivity index (χ3n) is 4.99. The molecule has 0 aromatic heterocycles. The van der Waals surface area contributed by atoms with Crippen LogP contribution in [-0.2, 0) is 6.54 Å². The summed E-state index contributed by atoms with van der Waals surface area (Å²) in [7, 11) is 0. The van der Waals surface area contributed by atoms with Gasteiger partial charge in [0.15, 0.2) is 0 Å². The van der Waals surface area contributed by atoms with Gasteiger partial charge in [-0.05, 0) is 50.2 Å². The predicted octanol–water partition coefficient (Wildman–Crippen LogP) is 2.39. The van der Waals surface area contributed by atoms with Crippen molar-refractivity contribution in [2.24, 2.45) is 0 Å². The van der Waals surface area contributed by atoms with Gasteiger partial charge in [-0.1, -0.05) is 18.2 Å². The molecule has 1 saturated heterocycles. The fraction of sp³-hybridized carbons (Fsp3) is 0.611. The van der Waals surface area contributed by atoms with Crippen LogP contribution >= 0.6 is 0 Å². The van der Waals surface area contributed by atoms with Gasteiger partial charge in [0.1, 0.15) is 0 Å². The molecule has 1 heterocycles. The summed E-state index contributed by atoms with van der Waals surface area (Å²) >= 11 is 0. The Labute approximate surface area is 138 Å². The number of amides is 2. The number of nitrogens with one attached hydrogen (secondary N) is 2. The molecule has 2 aliphatic rings. The Bertz CT molecular complexity index is 537. The van der Waals surface area contributed by atoms with Crippen LogP contribution in [0.4, 0.5) is 10.5 Å². The molecule has 0 spiro atoms. The fourth-order valence-electron chi connectivity index (χ4n) is 3.35. The van der Waals surface area contributed by atoms with Crippen LogP contribution in [0, 0.1) is 0 Å². The number of piperidine rings is 1. The molecule has 0 unspecified atom stereocenters. The van der Waals surface area contributed by atoms with E-state index in [0.29, 0.717) is 13.1 Å². The Kier molecular flexibility index (Phi) is 5.06. The van der Waals surface area contributed by atoms with Gasteiger partial charge in [-0.3, -0.25) is 0 Å². The van der Waals surface area contributed by atoms with Gasteiger partial charge in [0.2, 0.25) is 0 Å². The van der Waals surface area contributed by atoms with Gasteiger partial charge in [0.05, 0.1) is 5.60 Å². The lowest BCUT2D eigenvalue weighted by atomic mass is 9.80. The molecule has 1 aromatic rings. The largest absolute Gasteiger partial charge is 0.388 e. The number of urea groups is 1. The SMILES string of the molecule is O=C(NCc1ccccc1N1CCCCC1)NCC1(O)CCC1. The second-order valence-corrected chi connectivity index (χ2v) is 6.79. The van der Waals surface area contributed by atoms with Crippen LogP contribution in [0.2, 0.25) is 0 Å². The van der Waals surface area contributed by atoms with Crippen molar-refractivity contribution >= 4 is 11.7 Å². The summed E-state index contributed by atoms with van der Waals surface area (Å²) in [5.74, 6) is 0. The molecule has 3 rings (SSSR count). The van der Waals surface area contributed by atoms with Crippen LogP contribution in [0.25, 0.3) is 0 Å². The van der Waals surface area contributed by atoms with Crippen molar-refractivity contribution in [1.29, 1.82) is 0 Å². The minimum atomic E-state index is -0.678. The van der Waals surface area contributed by atoms with Gasteiger partial charge in [-0.15, -0.1) is 0 Å². The summed E-state index contributed by atoms with van der Waals surface area (Å²) in [5.41, 5.74) is 1.69. The highest BCUT2D eigenvalue weighted by Gasteiger charge is 2.34. The van der Waals surface area contributed by atoms with E-state index in [9.17, 15) is 9.90 Å². The molecule has 0 radical (unpaired) electrons. The summed E-state index contributed by atoms with van der Waals surface area (Å²) in [6.45, 7) is 3.04. The van der Waals surface area contributed by atoms with Gasteiger partial charge in [0, 0.05) is 31.9 Å². The average Bonchev–Trinajstić information content (AvgIpc) is 2.57. The number of anilines is 1. The topological polar surface area (TPSA) is 64.6 Å². The summed E-state index contributed by atoms with van der Waals surface area (Å²) in [6.07, 6.45) is 6.39. The van der Waals surface area contributed by atoms with Crippen molar-refractivity contribution in [3.8, 4) is 0 Å². The van der Waals surface area contributed by atoms with E-state index in [-0.39, 0.29) is 6.03 Å². The maximum absolute atomic E-state index is 11.9. The molecule has 2 fully saturated rings. The van der Waals surface area contributed by atoms with E-state index in [1.54, 1.807) is 0 Å². The molecular formula is C18H27N3O2. The number of hydrogen-bond donors (Lipinski definition) is 3. The molecule has 126 valence electrons. The first kappa shape index (κ1) is 16.1. The van der Waals surface area contributed by atoms with E-state index in [1.165, 1.54) is 24.9 Å². The zero-order valence-electron chi connectivity index (χ0n) is 13.7. The van der Waals surface area contributed by atoms with Crippen LogP contribution in [-0.4, -0.2) is 36.4 Å². The van der Waals surface area contributed by atoms with Crippen molar-refractivity contribution in [3.05, 3.63) is 29.8 Å². The first-order valence-electron chi connectivity index (χ1n) is 8.73. The second-order valence-electron chi connectivity index (χ2n) is 6.79. The lowest BCUT2D eigenvalue weighted by Gasteiger charge is -2.36. The number of rotatable bonds is 5. The number of para-hydroxylation sites is 1. The van der Waals surface area contributed by atoms with Gasteiger partial charge < -0.3 is 20.6 Å². The average molecular weight is 317 g/mol. The predicted molar refractivity (Wildman–Crippen MR) is 91.5 cm³/mol. The highest BCUT2D eigenvalue weighted by molar-refractivity contribution is 5.74. The number of aliphatic hydroxyl groups is 1. The molecule has 5 heteroatoms. The summed E-state index contributed by atoms with van der Waals surface area (Å²) in [5, 5.41) is 15.7. The van der Waals surface area contributed by atoms with Gasteiger partial charge >= 0.3 is 6.03 Å². The molecule has 0 bridgehead atoms. The fourth-order valence-corrected chi connectivity index (χ4v) is 3.35. The first-order valence-corrected chi connectivity index (χ1v) is 8.73. The standard InChI is InChI=1S/C18H27N3O2/c22-17(20-14-18(23)9-6-10-18)19-13-15-7-2-3-8-16(15)21-11-4-1-5-12-21/h2-3,7-8,23H,1,4-6,9-14H2,(H2,19,20,22). The first-order chi connectivity index (χ1) is 11.2. The summed E-state index contributed by atoms with van der Waals surface area (Å²) in [6, 6.07) is 8.07. The lowest BCUT2D eigenvalue weighted by Crippen LogP contribution is -2.50. The molecule has 0 atom stereocenters. The van der Waals surface area contributed by atoms with Crippen molar-refractivity contribution in [1.82, 2.24) is 10.6 Å². The van der Waals surface area contributed by atoms with Crippen molar-refractivity contribution in [2.45, 2.75) is 50.7 Å². The molecule has 1 aliphatic carbocycles. The molecule has 1 saturated carbocycles. The van der Waals surface area contributed by atoms with E-state index in [1.807, 2.05) is 6.07 Å². The Morgan fingerprint density at radius 1 is 1.09 bits per heavy atom. The van der Waals surface area contributed by atoms with Gasteiger partial charge in [0.25, 0.3) is 0 Å². The molecule has 3 N–H and O–H groups in total. The highest BCUT2D eigenvalue weighted by atomic mass is 16.3. The molecular weight excluding hydrogens is 290 g/mol. The number of carbonyl (C=O) groups excluding carboxylic acids is 1. The summed E-state index contributed by atoms with van der Waals surface area (Å²) < 4.78 is 0. The van der Waals surface area contributed by atoms with Crippen molar-refractivity contribution in [2.75, 3.05) is 24.5 Å². The molecule has 5 nitrogen and oxygen atoms in total. The minimum absolute atomic E-state index is 0.209. The zero-order chi connectivity index (χ0) is 16.1. The van der Waals surface area contributed by atoms with Crippen LogP contribution in [0.5, 0.6) is 0 Å². The maximum Gasteiger partial charge on any atom is 0.315 e. The van der Waals surface area contributed by atoms with Crippen LogP contribution in [0.1, 0.15) is 44.1 Å². The number of nitrogens with zero attached hydrogens (tertiary/aromatic N) is 1. The van der Waals surface area contributed by atoms with Gasteiger partial charge in [-0.2, -0.15) is 0 Å². The lowest BCUT2D eigenvalue weighted by molar-refractivity contribution is -0.0290. The quantitative estimate of drug-likeness (QED) is 0.781. The second kappa shape index (κ2) is 7.21. The highest BCUT2D eigenvalue weighted by Crippen LogP contribution is 2.30. The van der Waals surface area contributed by atoms with Crippen LogP contribution in [0.3, 0.4) is 0 Å². The molecule has 1 aliphatic heterocycles. The van der Waals surface area contributed by atoms with E-state index >= 15 is 0 Å². The van der Waals surface area contributed by atoms with E-state index in [2.05, 4.69) is 33.7 Å². The van der Waals surface area contributed by atoms with E-state index < -0.39 is 5.60 Å². The molecule has 2 amide bonds. The monoisotopic (exact) mass is 317 g/mol. The number of hydrogen-bond acceptors (Lipinski definition) is 3. The Morgan fingerprint density at radius 2 is 1.83 bits per heavy atom. The van der Waals surface area contributed by atoms with Crippen molar-refractivity contribution in [3.63, 3.8) is 0 Å². The molecule has 1 aromatic carbocycles. The van der Waals surface area contributed by atoms with Crippen LogP contribution < -0.4 is 15.5 Å². The Balaban J connectivity index is 1.52. The Hall–Kier alpha value is -1.75. The zero-order valence-corrected chi connectivity index (χ0v) is 13.7. The van der Waals surface area contributed by atoms with Crippen LogP contribution in [0.15, 0.2) is 24.3 Å². The third kappa shape index (κ3) is 4.16. The van der Waals surface area contributed by atoms with E-state index in [4.69, 9.17) is 0 Å². The normalized spacial score (nSPS) is 19.8. The van der Waals surface area contributed by atoms with Gasteiger partial charge in [-0.25, -0.2) is 4.79 Å². The number of benzene rings is 1. The minimum Gasteiger partial charge on any atom is -0.388 e. The summed E-state index contributed by atoms with van der Waals surface area (Å²) in [4.78, 5) is 14.4. The third-order valence-corrected chi connectivity index (χ3v) is 4.99. The van der Waals surface area contributed by atoms with E-state index in [0.717, 1.165) is 37.9 Å².